The minimum Gasteiger partial charge on any atom is -0.448 e. The molecule has 0 saturated heterocycles. The van der Waals surface area contributed by atoms with Crippen LogP contribution in [-0.4, -0.2) is 30.7 Å². The molecule has 0 fully saturated rings. The molecule has 5 N–H and O–H groups in total. The van der Waals surface area contributed by atoms with Gasteiger partial charge in [-0.05, 0) is 24.0 Å². The lowest BCUT2D eigenvalue weighted by Gasteiger charge is -2.21. The standard InChI is InChI=1S/C19H23N3O3.ClH/c20-17(12-15-9-5-2-6-10-15)18(23)22-16(13-25-19(21)24)11-14-7-3-1-4-8-14;/h1-10,16-17H,11-13,20H2,(H2,21,24)(H,22,23);1H/t16-,17-;/m0./s1. The van der Waals surface area contributed by atoms with Gasteiger partial charge < -0.3 is 21.5 Å². The molecule has 6 nitrogen and oxygen atoms in total. The lowest BCUT2D eigenvalue weighted by molar-refractivity contribution is -0.123. The van der Waals surface area contributed by atoms with Crippen LogP contribution in [0.15, 0.2) is 60.7 Å². The lowest BCUT2D eigenvalue weighted by Crippen LogP contribution is -2.49. The Hall–Kier alpha value is -2.57. The van der Waals surface area contributed by atoms with Crippen molar-refractivity contribution >= 4 is 24.4 Å². The highest BCUT2D eigenvalue weighted by Gasteiger charge is 2.20. The van der Waals surface area contributed by atoms with Gasteiger partial charge in [0.05, 0.1) is 12.1 Å². The van der Waals surface area contributed by atoms with Gasteiger partial charge >= 0.3 is 6.09 Å². The molecule has 0 radical (unpaired) electrons. The first kappa shape index (κ1) is 21.5. The maximum atomic E-state index is 12.4. The van der Waals surface area contributed by atoms with E-state index in [0.29, 0.717) is 12.8 Å². The van der Waals surface area contributed by atoms with Crippen molar-refractivity contribution in [3.8, 4) is 0 Å². The number of nitrogens with two attached hydrogens (primary N) is 2. The van der Waals surface area contributed by atoms with Crippen molar-refractivity contribution in [1.82, 2.24) is 5.32 Å². The average Bonchev–Trinajstić information content (AvgIpc) is 2.61. The molecule has 7 heteroatoms. The van der Waals surface area contributed by atoms with Crippen molar-refractivity contribution in [2.45, 2.75) is 24.9 Å². The van der Waals surface area contributed by atoms with Crippen molar-refractivity contribution in [3.05, 3.63) is 71.8 Å². The fraction of sp³-hybridized carbons (Fsp3) is 0.263. The first-order valence-corrected chi connectivity index (χ1v) is 8.10. The summed E-state index contributed by atoms with van der Waals surface area (Å²) in [4.78, 5) is 23.3. The van der Waals surface area contributed by atoms with E-state index in [2.05, 4.69) is 5.32 Å². The maximum absolute atomic E-state index is 12.4. The van der Waals surface area contributed by atoms with Crippen molar-refractivity contribution in [2.75, 3.05) is 6.61 Å². The Kier molecular flexibility index (Phi) is 9.19. The smallest absolute Gasteiger partial charge is 0.404 e. The van der Waals surface area contributed by atoms with Gasteiger partial charge in [-0.2, -0.15) is 0 Å². The minimum absolute atomic E-state index is 0. The zero-order valence-electron chi connectivity index (χ0n) is 14.3. The molecule has 0 heterocycles. The quantitative estimate of drug-likeness (QED) is 0.651. The van der Waals surface area contributed by atoms with Crippen LogP contribution in [-0.2, 0) is 22.4 Å². The van der Waals surface area contributed by atoms with Crippen LogP contribution in [0, 0.1) is 0 Å². The number of hydrogen-bond donors (Lipinski definition) is 3. The summed E-state index contributed by atoms with van der Waals surface area (Å²) in [6, 6.07) is 18.1. The molecule has 0 aliphatic carbocycles. The molecule has 0 saturated carbocycles. The fourth-order valence-electron chi connectivity index (χ4n) is 2.50. The van der Waals surface area contributed by atoms with E-state index in [-0.39, 0.29) is 24.9 Å². The SMILES string of the molecule is Cl.NC(=O)OC[C@H](Cc1ccccc1)NC(=O)[C@@H](N)Cc1ccccc1. The van der Waals surface area contributed by atoms with Gasteiger partial charge in [0, 0.05) is 0 Å². The summed E-state index contributed by atoms with van der Waals surface area (Å²) in [7, 11) is 0. The van der Waals surface area contributed by atoms with Gasteiger partial charge in [0.1, 0.15) is 6.61 Å². The molecule has 0 aliphatic heterocycles. The number of primary amides is 1. The summed E-state index contributed by atoms with van der Waals surface area (Å²) >= 11 is 0. The van der Waals surface area contributed by atoms with E-state index < -0.39 is 18.2 Å². The highest BCUT2D eigenvalue weighted by atomic mass is 35.5. The van der Waals surface area contributed by atoms with Crippen LogP contribution >= 0.6 is 12.4 Å². The molecule has 2 rings (SSSR count). The van der Waals surface area contributed by atoms with Gasteiger partial charge in [-0.15, -0.1) is 12.4 Å². The number of hydrogen-bond acceptors (Lipinski definition) is 4. The topological polar surface area (TPSA) is 107 Å². The van der Waals surface area contributed by atoms with Crippen LogP contribution in [0.1, 0.15) is 11.1 Å². The first-order chi connectivity index (χ1) is 12.0. The van der Waals surface area contributed by atoms with Gasteiger partial charge in [0.25, 0.3) is 0 Å². The Labute approximate surface area is 159 Å². The van der Waals surface area contributed by atoms with Gasteiger partial charge in [0.2, 0.25) is 5.91 Å². The number of nitrogens with one attached hydrogen (secondary N) is 1. The molecule has 2 aromatic carbocycles. The highest BCUT2D eigenvalue weighted by molar-refractivity contribution is 5.85. The zero-order chi connectivity index (χ0) is 18.1. The second-order valence-electron chi connectivity index (χ2n) is 5.82. The van der Waals surface area contributed by atoms with Crippen molar-refractivity contribution < 1.29 is 14.3 Å². The predicted molar refractivity (Wildman–Crippen MR) is 103 cm³/mol. The molecule has 2 atom stereocenters. The van der Waals surface area contributed by atoms with E-state index in [4.69, 9.17) is 16.2 Å². The van der Waals surface area contributed by atoms with Crippen LogP contribution < -0.4 is 16.8 Å². The second-order valence-corrected chi connectivity index (χ2v) is 5.82. The maximum Gasteiger partial charge on any atom is 0.404 e. The molecule has 2 aromatic rings. The minimum atomic E-state index is -0.874. The van der Waals surface area contributed by atoms with Crippen molar-refractivity contribution in [2.24, 2.45) is 11.5 Å². The van der Waals surface area contributed by atoms with Gasteiger partial charge in [0.15, 0.2) is 0 Å². The normalized spacial score (nSPS) is 12.3. The number of carbonyl (C=O) groups is 2. The van der Waals surface area contributed by atoms with E-state index in [0.717, 1.165) is 11.1 Å². The first-order valence-electron chi connectivity index (χ1n) is 8.10. The van der Waals surface area contributed by atoms with E-state index in [9.17, 15) is 9.59 Å². The molecule has 0 bridgehead atoms. The average molecular weight is 378 g/mol. The van der Waals surface area contributed by atoms with E-state index in [1.165, 1.54) is 0 Å². The molecular weight excluding hydrogens is 354 g/mol. The monoisotopic (exact) mass is 377 g/mol. The lowest BCUT2D eigenvalue weighted by atomic mass is 10.0. The van der Waals surface area contributed by atoms with Crippen LogP contribution in [0.2, 0.25) is 0 Å². The third kappa shape index (κ3) is 7.55. The number of ether oxygens (including phenoxy) is 1. The molecule has 2 amide bonds. The predicted octanol–water partition coefficient (Wildman–Crippen LogP) is 1.80. The summed E-state index contributed by atoms with van der Waals surface area (Å²) in [5, 5.41) is 2.84. The summed E-state index contributed by atoms with van der Waals surface area (Å²) < 4.78 is 4.86. The van der Waals surface area contributed by atoms with Gasteiger partial charge in [-0.1, -0.05) is 60.7 Å². The van der Waals surface area contributed by atoms with Crippen LogP contribution in [0.5, 0.6) is 0 Å². The molecule has 0 spiro atoms. The number of amides is 2. The Morgan fingerprint density at radius 1 is 0.923 bits per heavy atom. The van der Waals surface area contributed by atoms with Gasteiger partial charge in [-0.25, -0.2) is 4.79 Å². The highest BCUT2D eigenvalue weighted by Crippen LogP contribution is 2.06. The fourth-order valence-corrected chi connectivity index (χ4v) is 2.50. The number of halogens is 1. The van der Waals surface area contributed by atoms with Crippen molar-refractivity contribution in [1.29, 1.82) is 0 Å². The number of benzene rings is 2. The van der Waals surface area contributed by atoms with E-state index >= 15 is 0 Å². The van der Waals surface area contributed by atoms with Crippen LogP contribution in [0.25, 0.3) is 0 Å². The van der Waals surface area contributed by atoms with E-state index in [1.54, 1.807) is 0 Å². The molecule has 0 aromatic heterocycles. The molecular formula is C19H24ClN3O3. The molecule has 140 valence electrons. The Morgan fingerprint density at radius 2 is 1.42 bits per heavy atom. The van der Waals surface area contributed by atoms with Crippen LogP contribution in [0.4, 0.5) is 4.79 Å². The third-order valence-electron chi connectivity index (χ3n) is 3.73. The third-order valence-corrected chi connectivity index (χ3v) is 3.73. The molecule has 26 heavy (non-hydrogen) atoms. The van der Waals surface area contributed by atoms with Crippen LogP contribution in [0.3, 0.4) is 0 Å². The Bertz CT molecular complexity index is 683. The molecule has 0 aliphatic rings. The largest absolute Gasteiger partial charge is 0.448 e. The van der Waals surface area contributed by atoms with E-state index in [1.807, 2.05) is 60.7 Å². The Morgan fingerprint density at radius 3 is 1.92 bits per heavy atom. The summed E-state index contributed by atoms with van der Waals surface area (Å²) in [6.45, 7) is -0.00593. The molecule has 0 unspecified atom stereocenters. The summed E-state index contributed by atoms with van der Waals surface area (Å²) in [5.41, 5.74) is 13.0. The summed E-state index contributed by atoms with van der Waals surface area (Å²) in [5.74, 6) is -0.294. The van der Waals surface area contributed by atoms with Gasteiger partial charge in [-0.3, -0.25) is 4.79 Å². The number of carbonyl (C=O) groups excluding carboxylic acids is 2. The number of rotatable bonds is 8. The second kappa shape index (κ2) is 11.1. The summed E-state index contributed by atoms with van der Waals surface area (Å²) in [6.07, 6.45) is 0.0696. The Balaban J connectivity index is 0.00000338. The zero-order valence-corrected chi connectivity index (χ0v) is 15.2. The van der Waals surface area contributed by atoms with Crippen molar-refractivity contribution in [3.63, 3.8) is 0 Å².